The van der Waals surface area contributed by atoms with Crippen LogP contribution in [0.4, 0.5) is 4.39 Å². The van der Waals surface area contributed by atoms with Crippen LogP contribution in [0.2, 0.25) is 0 Å². The van der Waals surface area contributed by atoms with Gasteiger partial charge in [-0.15, -0.1) is 0 Å². The summed E-state index contributed by atoms with van der Waals surface area (Å²) in [5.74, 6) is -0.0244. The minimum atomic E-state index is -0.397. The van der Waals surface area contributed by atoms with Gasteiger partial charge in [-0.2, -0.15) is 4.39 Å². The number of aromatic nitrogens is 1. The van der Waals surface area contributed by atoms with Gasteiger partial charge in [0.1, 0.15) is 0 Å². The Morgan fingerprint density at radius 3 is 2.25 bits per heavy atom. The van der Waals surface area contributed by atoms with Crippen molar-refractivity contribution >= 4 is 0 Å². The lowest BCUT2D eigenvalue weighted by molar-refractivity contribution is 0.579. The average molecular weight is 169 g/mol. The number of nitrogens with zero attached hydrogens (tertiary/aromatic N) is 1. The molecule has 1 nitrogen and oxygen atoms in total. The zero-order chi connectivity index (χ0) is 9.56. The maximum atomic E-state index is 12.4. The van der Waals surface area contributed by atoms with E-state index in [0.29, 0.717) is 5.92 Å². The first-order chi connectivity index (χ1) is 5.70. The van der Waals surface area contributed by atoms with Gasteiger partial charge in [0.25, 0.3) is 0 Å². The van der Waals surface area contributed by atoms with Crippen molar-refractivity contribution in [3.63, 3.8) is 0 Å². The average Bonchev–Trinajstić information content (AvgIpc) is 2.08. The molecule has 0 aliphatic heterocycles. The van der Waals surface area contributed by atoms with Gasteiger partial charge in [-0.25, -0.2) is 4.98 Å². The van der Waals surface area contributed by atoms with E-state index in [2.05, 4.69) is 4.98 Å². The van der Waals surface area contributed by atoms with Gasteiger partial charge in [0.2, 0.25) is 5.95 Å². The Morgan fingerprint density at radius 2 is 1.92 bits per heavy atom. The first-order valence-electron chi connectivity index (χ1n) is 4.31. The van der Waals surface area contributed by atoms with Crippen LogP contribution < -0.4 is 0 Å². The van der Waals surface area contributed by atoms with E-state index in [1.807, 2.05) is 33.8 Å². The molecule has 1 aromatic rings. The molecule has 0 unspecified atom stereocenters. The molecule has 0 saturated heterocycles. The molecule has 0 radical (unpaired) electrons. The van der Waals surface area contributed by atoms with Crippen LogP contribution in [0.15, 0.2) is 18.3 Å². The van der Waals surface area contributed by atoms with E-state index < -0.39 is 5.95 Å². The van der Waals surface area contributed by atoms with Gasteiger partial charge in [0.05, 0.1) is 0 Å². The minimum Gasteiger partial charge on any atom is -0.228 e. The minimum absolute atomic E-state index is 0.373. The Labute approximate surface area is 73.6 Å². The number of hydrogen-bond acceptors (Lipinski definition) is 1. The van der Waals surface area contributed by atoms with Crippen LogP contribution in [0.25, 0.3) is 0 Å². The second-order valence-electron chi connectivity index (χ2n) is 2.57. The van der Waals surface area contributed by atoms with Gasteiger partial charge in [-0.3, -0.25) is 0 Å². The molecule has 1 aromatic heterocycles. The van der Waals surface area contributed by atoms with Crippen LogP contribution in [-0.4, -0.2) is 4.98 Å². The van der Waals surface area contributed by atoms with E-state index >= 15 is 0 Å². The van der Waals surface area contributed by atoms with Crippen molar-refractivity contribution in [1.82, 2.24) is 4.98 Å². The van der Waals surface area contributed by atoms with Gasteiger partial charge < -0.3 is 0 Å². The SMILES string of the molecule is CC.CC(C)c1ccnc(F)c1. The molecule has 0 aromatic carbocycles. The van der Waals surface area contributed by atoms with Gasteiger partial charge in [0.15, 0.2) is 0 Å². The van der Waals surface area contributed by atoms with E-state index in [4.69, 9.17) is 0 Å². The fourth-order valence-electron chi connectivity index (χ4n) is 0.777. The van der Waals surface area contributed by atoms with Crippen LogP contribution in [0.3, 0.4) is 0 Å². The molecular formula is C10H16FN. The summed E-state index contributed by atoms with van der Waals surface area (Å²) in [6.07, 6.45) is 1.49. The highest BCUT2D eigenvalue weighted by Gasteiger charge is 1.98. The molecule has 0 spiro atoms. The lowest BCUT2D eigenvalue weighted by atomic mass is 10.1. The Morgan fingerprint density at radius 1 is 1.33 bits per heavy atom. The molecule has 0 saturated carbocycles. The highest BCUT2D eigenvalue weighted by molar-refractivity contribution is 5.14. The molecule has 0 aliphatic carbocycles. The molecular weight excluding hydrogens is 153 g/mol. The highest BCUT2D eigenvalue weighted by atomic mass is 19.1. The molecule has 12 heavy (non-hydrogen) atoms. The topological polar surface area (TPSA) is 12.9 Å². The van der Waals surface area contributed by atoms with Crippen molar-refractivity contribution in [2.75, 3.05) is 0 Å². The van der Waals surface area contributed by atoms with E-state index in [1.165, 1.54) is 12.3 Å². The predicted molar refractivity (Wildman–Crippen MR) is 49.6 cm³/mol. The Bertz CT molecular complexity index is 221. The zero-order valence-corrected chi connectivity index (χ0v) is 8.13. The number of hydrogen-bond donors (Lipinski definition) is 0. The standard InChI is InChI=1S/C8H10FN.C2H6/c1-6(2)7-3-4-10-8(9)5-7;1-2/h3-6H,1-2H3;1-2H3. The smallest absolute Gasteiger partial charge is 0.213 e. The van der Waals surface area contributed by atoms with Crippen molar-refractivity contribution in [2.45, 2.75) is 33.6 Å². The number of rotatable bonds is 1. The number of pyridine rings is 1. The second kappa shape index (κ2) is 5.70. The zero-order valence-electron chi connectivity index (χ0n) is 8.13. The molecule has 2 heteroatoms. The first-order valence-corrected chi connectivity index (χ1v) is 4.31. The summed E-state index contributed by atoms with van der Waals surface area (Å²) in [6.45, 7) is 8.05. The van der Waals surface area contributed by atoms with E-state index in [0.717, 1.165) is 5.56 Å². The van der Waals surface area contributed by atoms with Crippen LogP contribution in [-0.2, 0) is 0 Å². The van der Waals surface area contributed by atoms with Gasteiger partial charge in [-0.05, 0) is 23.6 Å². The Kier molecular flexibility index (Phi) is 5.26. The van der Waals surface area contributed by atoms with Gasteiger partial charge >= 0.3 is 0 Å². The summed E-state index contributed by atoms with van der Waals surface area (Å²) in [7, 11) is 0. The van der Waals surface area contributed by atoms with Crippen molar-refractivity contribution in [3.8, 4) is 0 Å². The molecule has 0 bridgehead atoms. The van der Waals surface area contributed by atoms with Gasteiger partial charge in [0, 0.05) is 6.20 Å². The molecule has 0 aliphatic rings. The molecule has 68 valence electrons. The third-order valence-electron chi connectivity index (χ3n) is 1.42. The summed E-state index contributed by atoms with van der Waals surface area (Å²) in [6, 6.07) is 3.29. The third-order valence-corrected chi connectivity index (χ3v) is 1.42. The number of halogens is 1. The maximum absolute atomic E-state index is 12.4. The Balaban J connectivity index is 0.000000561. The van der Waals surface area contributed by atoms with Crippen molar-refractivity contribution in [2.24, 2.45) is 0 Å². The molecule has 1 heterocycles. The summed E-state index contributed by atoms with van der Waals surface area (Å²) in [4.78, 5) is 3.46. The molecule has 0 atom stereocenters. The summed E-state index contributed by atoms with van der Waals surface area (Å²) in [5.41, 5.74) is 0.993. The first kappa shape index (κ1) is 11.1. The summed E-state index contributed by atoms with van der Waals surface area (Å²) < 4.78 is 12.4. The molecule has 1 rings (SSSR count). The lowest BCUT2D eigenvalue weighted by Crippen LogP contribution is -1.89. The highest BCUT2D eigenvalue weighted by Crippen LogP contribution is 2.12. The molecule has 0 amide bonds. The largest absolute Gasteiger partial charge is 0.228 e. The van der Waals surface area contributed by atoms with Crippen LogP contribution >= 0.6 is 0 Å². The lowest BCUT2D eigenvalue weighted by Gasteiger charge is -2.02. The summed E-state index contributed by atoms with van der Waals surface area (Å²) >= 11 is 0. The normalized spacial score (nSPS) is 9.17. The fraction of sp³-hybridized carbons (Fsp3) is 0.500. The summed E-state index contributed by atoms with van der Waals surface area (Å²) in [5, 5.41) is 0. The maximum Gasteiger partial charge on any atom is 0.213 e. The van der Waals surface area contributed by atoms with Gasteiger partial charge in [-0.1, -0.05) is 27.7 Å². The van der Waals surface area contributed by atoms with Crippen molar-refractivity contribution in [3.05, 3.63) is 29.8 Å². The van der Waals surface area contributed by atoms with Crippen LogP contribution in [0.1, 0.15) is 39.2 Å². The second-order valence-corrected chi connectivity index (χ2v) is 2.57. The van der Waals surface area contributed by atoms with Crippen LogP contribution in [0.5, 0.6) is 0 Å². The van der Waals surface area contributed by atoms with Crippen molar-refractivity contribution in [1.29, 1.82) is 0 Å². The predicted octanol–water partition coefficient (Wildman–Crippen LogP) is 3.37. The monoisotopic (exact) mass is 169 g/mol. The molecule has 0 fully saturated rings. The quantitative estimate of drug-likeness (QED) is 0.587. The molecule has 0 N–H and O–H groups in total. The van der Waals surface area contributed by atoms with E-state index in [1.54, 1.807) is 0 Å². The Hall–Kier alpha value is -0.920. The van der Waals surface area contributed by atoms with Crippen molar-refractivity contribution < 1.29 is 4.39 Å². The fourth-order valence-corrected chi connectivity index (χ4v) is 0.777. The van der Waals surface area contributed by atoms with E-state index in [9.17, 15) is 4.39 Å². The van der Waals surface area contributed by atoms with Crippen LogP contribution in [0, 0.1) is 5.95 Å². The van der Waals surface area contributed by atoms with E-state index in [-0.39, 0.29) is 0 Å². The third kappa shape index (κ3) is 3.46.